The number of fused-ring (bicyclic) bond motifs is 1. The lowest BCUT2D eigenvalue weighted by atomic mass is 10.0. The second-order valence-corrected chi connectivity index (χ2v) is 8.24. The normalized spacial score (nSPS) is 11.8. The van der Waals surface area contributed by atoms with E-state index < -0.39 is 39.4 Å². The van der Waals surface area contributed by atoms with Gasteiger partial charge in [0.15, 0.2) is 5.82 Å². The number of carbonyl (C=O) groups is 1. The van der Waals surface area contributed by atoms with Crippen LogP contribution in [-0.4, -0.2) is 31.7 Å². The lowest BCUT2D eigenvalue weighted by molar-refractivity contribution is 0.201. The lowest BCUT2D eigenvalue weighted by Gasteiger charge is -2.21. The molecule has 1 amide bonds. The molecule has 0 fully saturated rings. The summed E-state index contributed by atoms with van der Waals surface area (Å²) in [5.74, 6) is -3.92. The van der Waals surface area contributed by atoms with Crippen molar-refractivity contribution in [3.8, 4) is 11.1 Å². The van der Waals surface area contributed by atoms with Gasteiger partial charge >= 0.3 is 6.09 Å². The first kappa shape index (κ1) is 20.5. The number of benzene rings is 1. The van der Waals surface area contributed by atoms with Crippen molar-refractivity contribution in [1.82, 2.24) is 10.1 Å². The van der Waals surface area contributed by atoms with Crippen LogP contribution < -0.4 is 4.90 Å². The first-order chi connectivity index (χ1) is 13.0. The molecule has 1 N–H and O–H groups in total. The highest BCUT2D eigenvalue weighted by atomic mass is 35.6. The Bertz CT molecular complexity index is 1060. The second-order valence-electron chi connectivity index (χ2n) is 5.73. The number of hydrogen-bond acceptors (Lipinski definition) is 4. The Morgan fingerprint density at radius 3 is 2.36 bits per heavy atom. The highest BCUT2D eigenvalue weighted by molar-refractivity contribution is 6.68. The van der Waals surface area contributed by atoms with Crippen molar-refractivity contribution < 1.29 is 27.6 Å². The van der Waals surface area contributed by atoms with Crippen molar-refractivity contribution in [1.29, 1.82) is 0 Å². The molecule has 3 rings (SSSR count). The van der Waals surface area contributed by atoms with Crippen molar-refractivity contribution in [2.45, 2.75) is 10.7 Å². The van der Waals surface area contributed by atoms with Gasteiger partial charge in [0.1, 0.15) is 17.5 Å². The fraction of sp³-hybridized carbons (Fsp3) is 0.188. The van der Waals surface area contributed by atoms with Crippen LogP contribution in [0.2, 0.25) is 0 Å². The van der Waals surface area contributed by atoms with Gasteiger partial charge in [0.25, 0.3) is 5.71 Å². The molecule has 0 spiro atoms. The fourth-order valence-corrected chi connectivity index (χ4v) is 3.01. The Labute approximate surface area is 170 Å². The molecular formula is C16H9Cl3F3N3O3. The molecule has 2 heterocycles. The number of pyridine rings is 1. The van der Waals surface area contributed by atoms with E-state index >= 15 is 0 Å². The molecule has 12 heteroatoms. The van der Waals surface area contributed by atoms with Crippen LogP contribution in [0.25, 0.3) is 22.2 Å². The molecule has 0 aliphatic rings. The van der Waals surface area contributed by atoms with E-state index in [2.05, 4.69) is 10.1 Å². The number of carboxylic acid groups (broad SMARTS) is 1. The SMILES string of the molecule is Cc1cc(-c2c(F)cc(F)cc2F)c2c(N(CC(Cl)(Cl)Cl)C(=O)O)noc2n1. The monoisotopic (exact) mass is 453 g/mol. The van der Waals surface area contributed by atoms with E-state index in [1.165, 1.54) is 13.0 Å². The molecule has 1 aromatic carbocycles. The Hall–Kier alpha value is -2.23. The van der Waals surface area contributed by atoms with Gasteiger partial charge in [-0.3, -0.25) is 4.90 Å². The largest absolute Gasteiger partial charge is 0.465 e. The second kappa shape index (κ2) is 7.31. The maximum atomic E-state index is 14.4. The van der Waals surface area contributed by atoms with Crippen LogP contribution in [-0.2, 0) is 0 Å². The lowest BCUT2D eigenvalue weighted by Crippen LogP contribution is -2.37. The quantitative estimate of drug-likeness (QED) is 0.531. The highest BCUT2D eigenvalue weighted by Crippen LogP contribution is 2.39. The van der Waals surface area contributed by atoms with Gasteiger partial charge in [0, 0.05) is 23.4 Å². The summed E-state index contributed by atoms with van der Waals surface area (Å²) >= 11 is 17.0. The molecule has 28 heavy (non-hydrogen) atoms. The zero-order chi connectivity index (χ0) is 20.8. The standard InChI is InChI=1S/C16H9Cl3F3N3O3/c1-6-2-8(11-9(21)3-7(20)4-10(11)22)12-13(24-28-14(12)23-6)25(15(26)27)5-16(17,18)19/h2-4H,5H2,1H3,(H,26,27). The molecule has 0 atom stereocenters. The smallest absolute Gasteiger partial charge is 0.413 e. The highest BCUT2D eigenvalue weighted by Gasteiger charge is 2.33. The van der Waals surface area contributed by atoms with Gasteiger partial charge in [-0.2, -0.15) is 0 Å². The summed E-state index contributed by atoms with van der Waals surface area (Å²) in [6, 6.07) is 2.25. The summed E-state index contributed by atoms with van der Waals surface area (Å²) < 4.78 is 45.1. The summed E-state index contributed by atoms with van der Waals surface area (Å²) in [5, 5.41) is 13.0. The third-order valence-corrected chi connectivity index (χ3v) is 4.02. The predicted octanol–water partition coefficient (Wildman–Crippen LogP) is 5.47. The minimum atomic E-state index is -2.02. The fourth-order valence-electron chi connectivity index (χ4n) is 2.65. The van der Waals surface area contributed by atoms with Crippen LogP contribution in [0.15, 0.2) is 22.7 Å². The molecule has 0 bridgehead atoms. The van der Waals surface area contributed by atoms with E-state index in [-0.39, 0.29) is 28.2 Å². The van der Waals surface area contributed by atoms with Crippen LogP contribution in [0.1, 0.15) is 5.69 Å². The average molecular weight is 455 g/mol. The minimum absolute atomic E-state index is 0.147. The Balaban J connectivity index is 2.34. The molecule has 6 nitrogen and oxygen atoms in total. The van der Waals surface area contributed by atoms with E-state index in [4.69, 9.17) is 39.3 Å². The summed E-state index contributed by atoms with van der Waals surface area (Å²) in [5.41, 5.74) is -0.676. The van der Waals surface area contributed by atoms with E-state index in [0.29, 0.717) is 17.0 Å². The first-order valence-corrected chi connectivity index (χ1v) is 8.60. The maximum absolute atomic E-state index is 14.4. The Kier molecular flexibility index (Phi) is 5.35. The molecule has 0 aliphatic heterocycles. The number of hydrogen-bond donors (Lipinski definition) is 1. The number of halogens is 6. The van der Waals surface area contributed by atoms with Crippen LogP contribution in [0.5, 0.6) is 0 Å². The van der Waals surface area contributed by atoms with E-state index in [9.17, 15) is 23.1 Å². The van der Waals surface area contributed by atoms with Crippen molar-refractivity contribution in [2.24, 2.45) is 0 Å². The summed E-state index contributed by atoms with van der Waals surface area (Å²) in [7, 11) is 0. The average Bonchev–Trinajstić information content (AvgIpc) is 2.93. The number of aromatic nitrogens is 2. The number of nitrogens with zero attached hydrogens (tertiary/aromatic N) is 3. The first-order valence-electron chi connectivity index (χ1n) is 7.47. The Morgan fingerprint density at radius 1 is 1.21 bits per heavy atom. The summed E-state index contributed by atoms with van der Waals surface area (Å²) in [4.78, 5) is 16.2. The number of rotatable bonds is 3. The van der Waals surface area contributed by atoms with Crippen LogP contribution in [0.4, 0.5) is 23.8 Å². The van der Waals surface area contributed by atoms with Crippen LogP contribution in [0.3, 0.4) is 0 Å². The maximum Gasteiger partial charge on any atom is 0.413 e. The van der Waals surface area contributed by atoms with Gasteiger partial charge in [0.2, 0.25) is 3.79 Å². The zero-order valence-corrected chi connectivity index (χ0v) is 16.1. The van der Waals surface area contributed by atoms with Gasteiger partial charge in [0.05, 0.1) is 17.5 Å². The van der Waals surface area contributed by atoms with Gasteiger partial charge < -0.3 is 9.63 Å². The minimum Gasteiger partial charge on any atom is -0.465 e. The molecule has 0 unspecified atom stereocenters. The molecule has 2 aromatic heterocycles. The van der Waals surface area contributed by atoms with E-state index in [0.717, 1.165) is 0 Å². The van der Waals surface area contributed by atoms with Gasteiger partial charge in [-0.25, -0.2) is 22.9 Å². The molecule has 3 aromatic rings. The van der Waals surface area contributed by atoms with Crippen molar-refractivity contribution in [3.05, 3.63) is 41.3 Å². The number of anilines is 1. The topological polar surface area (TPSA) is 79.5 Å². The number of amides is 1. The third kappa shape index (κ3) is 3.96. The van der Waals surface area contributed by atoms with Gasteiger partial charge in [-0.15, -0.1) is 0 Å². The number of alkyl halides is 3. The van der Waals surface area contributed by atoms with Gasteiger partial charge in [-0.05, 0) is 13.0 Å². The molecule has 148 valence electrons. The predicted molar refractivity (Wildman–Crippen MR) is 97.5 cm³/mol. The molecular weight excluding hydrogens is 446 g/mol. The molecule has 0 saturated carbocycles. The van der Waals surface area contributed by atoms with Crippen molar-refractivity contribution in [3.63, 3.8) is 0 Å². The molecule has 0 aliphatic carbocycles. The summed E-state index contributed by atoms with van der Waals surface area (Å²) in [6.45, 7) is 0.858. The van der Waals surface area contributed by atoms with E-state index in [1.54, 1.807) is 0 Å². The third-order valence-electron chi connectivity index (χ3n) is 3.66. The molecule has 0 saturated heterocycles. The van der Waals surface area contributed by atoms with Crippen molar-refractivity contribution >= 4 is 57.8 Å². The van der Waals surface area contributed by atoms with Crippen LogP contribution >= 0.6 is 34.8 Å². The zero-order valence-electron chi connectivity index (χ0n) is 13.8. The number of aryl methyl sites for hydroxylation is 1. The molecule has 0 radical (unpaired) electrons. The summed E-state index contributed by atoms with van der Waals surface area (Å²) in [6.07, 6.45) is -1.56. The van der Waals surface area contributed by atoms with Crippen LogP contribution in [0, 0.1) is 24.4 Å². The van der Waals surface area contributed by atoms with Crippen molar-refractivity contribution in [2.75, 3.05) is 11.4 Å². The van der Waals surface area contributed by atoms with Gasteiger partial charge in [-0.1, -0.05) is 40.0 Å². The Morgan fingerprint density at radius 2 is 1.82 bits per heavy atom. The van der Waals surface area contributed by atoms with E-state index in [1.807, 2.05) is 0 Å².